The second kappa shape index (κ2) is 7.70. The van der Waals surface area contributed by atoms with Gasteiger partial charge in [0, 0.05) is 17.2 Å². The third-order valence-electron chi connectivity index (χ3n) is 4.04. The second-order valence-electron chi connectivity index (χ2n) is 5.89. The van der Waals surface area contributed by atoms with Crippen molar-refractivity contribution in [1.29, 1.82) is 0 Å². The molecule has 1 aliphatic rings. The second-order valence-corrected chi connectivity index (χ2v) is 6.88. The van der Waals surface area contributed by atoms with Crippen molar-refractivity contribution in [1.82, 2.24) is 0 Å². The Morgan fingerprint density at radius 2 is 1.88 bits per heavy atom. The maximum atomic E-state index is 12.6. The van der Waals surface area contributed by atoms with Crippen LogP contribution in [0.1, 0.15) is 21.9 Å². The number of nitrogens with one attached hydrogen (secondary N) is 2. The lowest BCUT2D eigenvalue weighted by Crippen LogP contribution is -2.15. The first-order valence-corrected chi connectivity index (χ1v) is 9.27. The molecule has 6 nitrogen and oxygen atoms in total. The Morgan fingerprint density at radius 1 is 1.15 bits per heavy atom. The zero-order chi connectivity index (χ0) is 18.7. The quantitative estimate of drug-likeness (QED) is 0.779. The Labute approximate surface area is 156 Å². The summed E-state index contributed by atoms with van der Waals surface area (Å²) >= 11 is 1.64. The van der Waals surface area contributed by atoms with E-state index < -0.39 is 0 Å². The predicted octanol–water partition coefficient (Wildman–Crippen LogP) is 3.73. The van der Waals surface area contributed by atoms with Gasteiger partial charge in [-0.05, 0) is 32.0 Å². The van der Waals surface area contributed by atoms with Gasteiger partial charge in [-0.3, -0.25) is 4.79 Å². The lowest BCUT2D eigenvalue weighted by atomic mass is 10.2. The number of thioether (sulfide) groups is 1. The van der Waals surface area contributed by atoms with E-state index in [1.807, 2.05) is 24.3 Å². The van der Waals surface area contributed by atoms with Gasteiger partial charge in [-0.2, -0.15) is 11.8 Å². The average molecular weight is 372 g/mol. The van der Waals surface area contributed by atoms with Gasteiger partial charge in [0.25, 0.3) is 5.91 Å². The molecule has 7 heteroatoms. The molecular weight excluding hydrogens is 352 g/mol. The minimum Gasteiger partial charge on any atom is -0.466 e. The number of para-hydroxylation sites is 2. The molecule has 136 valence electrons. The van der Waals surface area contributed by atoms with Gasteiger partial charge < -0.3 is 19.8 Å². The van der Waals surface area contributed by atoms with Gasteiger partial charge in [0.15, 0.2) is 0 Å². The number of aryl methyl sites for hydroxylation is 2. The van der Waals surface area contributed by atoms with Crippen molar-refractivity contribution in [2.24, 2.45) is 0 Å². The number of anilines is 2. The van der Waals surface area contributed by atoms with Crippen LogP contribution in [0, 0.1) is 13.8 Å². The highest BCUT2D eigenvalue weighted by atomic mass is 32.2. The highest BCUT2D eigenvalue weighted by Crippen LogP contribution is 2.30. The van der Waals surface area contributed by atoms with Crippen LogP contribution in [0.2, 0.25) is 0 Å². The van der Waals surface area contributed by atoms with E-state index in [1.165, 1.54) is 7.11 Å². The van der Waals surface area contributed by atoms with Crippen LogP contribution in [0.3, 0.4) is 0 Å². The van der Waals surface area contributed by atoms with Crippen molar-refractivity contribution in [3.05, 3.63) is 58.7 Å². The molecule has 1 aliphatic heterocycles. The normalized spacial score (nSPS) is 13.7. The number of amides is 1. The maximum Gasteiger partial charge on any atom is 0.336 e. The predicted molar refractivity (Wildman–Crippen MR) is 103 cm³/mol. The van der Waals surface area contributed by atoms with Crippen LogP contribution in [0.25, 0.3) is 0 Å². The molecule has 0 saturated carbocycles. The summed E-state index contributed by atoms with van der Waals surface area (Å²) in [7, 11) is 1.37. The van der Waals surface area contributed by atoms with Gasteiger partial charge in [0.2, 0.25) is 0 Å². The molecule has 26 heavy (non-hydrogen) atoms. The Balaban J connectivity index is 1.84. The van der Waals surface area contributed by atoms with Crippen LogP contribution < -0.4 is 10.6 Å². The van der Waals surface area contributed by atoms with E-state index in [0.29, 0.717) is 39.9 Å². The third-order valence-corrected chi connectivity index (χ3v) is 5.02. The monoisotopic (exact) mass is 372 g/mol. The molecule has 1 aromatic heterocycles. The summed E-state index contributed by atoms with van der Waals surface area (Å²) < 4.78 is 10.3. The average Bonchev–Trinajstić information content (AvgIpc) is 3.21. The minimum atomic E-state index is -0.330. The van der Waals surface area contributed by atoms with E-state index in [9.17, 15) is 9.59 Å². The topological polar surface area (TPSA) is 80.6 Å². The maximum absolute atomic E-state index is 12.6. The fraction of sp³-hybridized carbons (Fsp3) is 0.263. The molecule has 1 amide bonds. The SMILES string of the molecule is COC(=O)C1=C(Nc2ccccc2NC(=O)c2cc(C)oc2C)CSC1. The summed E-state index contributed by atoms with van der Waals surface area (Å²) in [6.07, 6.45) is 0. The molecule has 2 aromatic rings. The summed E-state index contributed by atoms with van der Waals surface area (Å²) in [6, 6.07) is 9.09. The standard InChI is InChI=1S/C19H20N2O4S/c1-11-8-13(12(2)25-11)18(22)21-16-7-5-4-6-15(16)20-17-10-26-9-14(17)19(23)24-3/h4-8,20H,9-10H2,1-3H3,(H,21,22). The molecule has 0 spiro atoms. The van der Waals surface area contributed by atoms with Crippen LogP contribution in [-0.4, -0.2) is 30.5 Å². The first-order valence-electron chi connectivity index (χ1n) is 8.12. The van der Waals surface area contributed by atoms with Crippen molar-refractivity contribution in [3.63, 3.8) is 0 Å². The van der Waals surface area contributed by atoms with Crippen molar-refractivity contribution >= 4 is 35.0 Å². The summed E-state index contributed by atoms with van der Waals surface area (Å²) in [5.74, 6) is 1.99. The molecule has 0 fully saturated rings. The van der Waals surface area contributed by atoms with E-state index in [2.05, 4.69) is 10.6 Å². The number of carbonyl (C=O) groups is 2. The number of esters is 1. The van der Waals surface area contributed by atoms with Crippen LogP contribution in [-0.2, 0) is 9.53 Å². The number of carbonyl (C=O) groups excluding carboxylic acids is 2. The van der Waals surface area contributed by atoms with Gasteiger partial charge in [0.05, 0.1) is 29.6 Å². The van der Waals surface area contributed by atoms with Gasteiger partial charge >= 0.3 is 5.97 Å². The van der Waals surface area contributed by atoms with Crippen molar-refractivity contribution in [2.45, 2.75) is 13.8 Å². The van der Waals surface area contributed by atoms with Crippen LogP contribution in [0.4, 0.5) is 11.4 Å². The number of furan rings is 1. The minimum absolute atomic E-state index is 0.239. The van der Waals surface area contributed by atoms with E-state index in [-0.39, 0.29) is 11.9 Å². The number of benzene rings is 1. The number of ether oxygens (including phenoxy) is 1. The fourth-order valence-electron chi connectivity index (χ4n) is 2.76. The Bertz CT molecular complexity index is 885. The Kier molecular flexibility index (Phi) is 5.37. The fourth-order valence-corrected chi connectivity index (χ4v) is 3.80. The molecule has 0 unspecified atom stereocenters. The van der Waals surface area contributed by atoms with Crippen LogP contribution in [0.15, 0.2) is 46.0 Å². The molecule has 0 bridgehead atoms. The van der Waals surface area contributed by atoms with Gasteiger partial charge in [-0.25, -0.2) is 4.79 Å². The van der Waals surface area contributed by atoms with Gasteiger partial charge in [0.1, 0.15) is 11.5 Å². The highest BCUT2D eigenvalue weighted by Gasteiger charge is 2.23. The summed E-state index contributed by atoms with van der Waals surface area (Å²) in [6.45, 7) is 3.56. The zero-order valence-electron chi connectivity index (χ0n) is 14.8. The lowest BCUT2D eigenvalue weighted by Gasteiger charge is -2.14. The van der Waals surface area contributed by atoms with Gasteiger partial charge in [-0.15, -0.1) is 0 Å². The number of hydrogen-bond donors (Lipinski definition) is 2. The zero-order valence-corrected chi connectivity index (χ0v) is 15.7. The Hall–Kier alpha value is -2.67. The number of hydrogen-bond acceptors (Lipinski definition) is 6. The van der Waals surface area contributed by atoms with E-state index in [1.54, 1.807) is 31.7 Å². The number of methoxy groups -OCH3 is 1. The summed E-state index contributed by atoms with van der Waals surface area (Å²) in [4.78, 5) is 24.5. The molecular formula is C19H20N2O4S. The number of rotatable bonds is 5. The molecule has 0 atom stereocenters. The highest BCUT2D eigenvalue weighted by molar-refractivity contribution is 8.00. The molecule has 0 saturated heterocycles. The largest absolute Gasteiger partial charge is 0.466 e. The van der Waals surface area contributed by atoms with Gasteiger partial charge in [-0.1, -0.05) is 12.1 Å². The van der Waals surface area contributed by atoms with Crippen LogP contribution in [0.5, 0.6) is 0 Å². The van der Waals surface area contributed by atoms with Crippen molar-refractivity contribution in [2.75, 3.05) is 29.2 Å². The van der Waals surface area contributed by atoms with Crippen LogP contribution >= 0.6 is 11.8 Å². The Morgan fingerprint density at radius 3 is 2.54 bits per heavy atom. The van der Waals surface area contributed by atoms with Crippen molar-refractivity contribution in [3.8, 4) is 0 Å². The molecule has 3 rings (SSSR count). The molecule has 0 radical (unpaired) electrons. The third kappa shape index (κ3) is 3.77. The van der Waals surface area contributed by atoms with Crippen molar-refractivity contribution < 1.29 is 18.7 Å². The first-order chi connectivity index (χ1) is 12.5. The molecule has 2 heterocycles. The lowest BCUT2D eigenvalue weighted by molar-refractivity contribution is -0.136. The summed E-state index contributed by atoms with van der Waals surface area (Å²) in [5, 5.41) is 6.18. The molecule has 0 aliphatic carbocycles. The first kappa shape index (κ1) is 18.1. The molecule has 2 N–H and O–H groups in total. The summed E-state index contributed by atoms with van der Waals surface area (Å²) in [5.41, 5.74) is 3.28. The smallest absolute Gasteiger partial charge is 0.336 e. The van der Waals surface area contributed by atoms with E-state index >= 15 is 0 Å². The van der Waals surface area contributed by atoms with E-state index in [0.717, 1.165) is 11.4 Å². The molecule has 1 aromatic carbocycles. The van der Waals surface area contributed by atoms with E-state index in [4.69, 9.17) is 9.15 Å².